The van der Waals surface area contributed by atoms with E-state index < -0.39 is 30.3 Å². The standard InChI is InChI=1S/C12H13FO4/c1-7-16-10(11(17-7)12(14)15-2)8-5-3-4-6-9(8)13/h3-7,10-11H,1-2H3/t7-,10-,11-/m0/s1. The average Bonchev–Trinajstić information content (AvgIpc) is 2.71. The van der Waals surface area contributed by atoms with Crippen molar-refractivity contribution in [2.75, 3.05) is 7.11 Å². The van der Waals surface area contributed by atoms with Gasteiger partial charge in [-0.2, -0.15) is 0 Å². The lowest BCUT2D eigenvalue weighted by Crippen LogP contribution is -2.27. The lowest BCUT2D eigenvalue weighted by molar-refractivity contribution is -0.153. The Hall–Kier alpha value is -1.46. The van der Waals surface area contributed by atoms with Gasteiger partial charge in [0, 0.05) is 5.56 Å². The van der Waals surface area contributed by atoms with Gasteiger partial charge in [0.05, 0.1) is 7.11 Å². The number of halogens is 1. The van der Waals surface area contributed by atoms with Gasteiger partial charge in [-0.05, 0) is 13.0 Å². The molecule has 0 saturated carbocycles. The number of methoxy groups -OCH3 is 1. The second-order valence-electron chi connectivity index (χ2n) is 3.73. The van der Waals surface area contributed by atoms with Crippen molar-refractivity contribution in [2.45, 2.75) is 25.4 Å². The van der Waals surface area contributed by atoms with Gasteiger partial charge in [-0.3, -0.25) is 0 Å². The molecule has 17 heavy (non-hydrogen) atoms. The summed E-state index contributed by atoms with van der Waals surface area (Å²) in [5.74, 6) is -0.994. The summed E-state index contributed by atoms with van der Waals surface area (Å²) in [6.45, 7) is 1.65. The minimum Gasteiger partial charge on any atom is -0.467 e. The van der Waals surface area contributed by atoms with Crippen LogP contribution in [0.15, 0.2) is 24.3 Å². The highest BCUT2D eigenvalue weighted by Gasteiger charge is 2.41. The first-order valence-electron chi connectivity index (χ1n) is 5.26. The van der Waals surface area contributed by atoms with Gasteiger partial charge in [0.1, 0.15) is 11.9 Å². The molecule has 0 aromatic heterocycles. The molecule has 1 aromatic rings. The SMILES string of the molecule is COC(=O)[C@H]1O[C@@H](C)O[C@H]1c1ccccc1F. The highest BCUT2D eigenvalue weighted by Crippen LogP contribution is 2.34. The summed E-state index contributed by atoms with van der Waals surface area (Å²) in [5, 5.41) is 0. The van der Waals surface area contributed by atoms with Crippen molar-refractivity contribution in [3.63, 3.8) is 0 Å². The predicted molar refractivity (Wildman–Crippen MR) is 56.6 cm³/mol. The summed E-state index contributed by atoms with van der Waals surface area (Å²) in [6, 6.07) is 6.14. The molecule has 5 heteroatoms. The third kappa shape index (κ3) is 2.30. The van der Waals surface area contributed by atoms with Gasteiger partial charge in [0.25, 0.3) is 0 Å². The summed E-state index contributed by atoms with van der Waals surface area (Å²) >= 11 is 0. The summed E-state index contributed by atoms with van der Waals surface area (Å²) in [6.07, 6.45) is -2.26. The van der Waals surface area contributed by atoms with Crippen LogP contribution in [0.4, 0.5) is 4.39 Å². The molecule has 0 N–H and O–H groups in total. The van der Waals surface area contributed by atoms with E-state index >= 15 is 0 Å². The van der Waals surface area contributed by atoms with Crippen molar-refractivity contribution in [3.8, 4) is 0 Å². The van der Waals surface area contributed by atoms with E-state index in [1.54, 1.807) is 25.1 Å². The van der Waals surface area contributed by atoms with Crippen LogP contribution >= 0.6 is 0 Å². The molecule has 1 aliphatic rings. The van der Waals surface area contributed by atoms with E-state index in [2.05, 4.69) is 4.74 Å². The number of hydrogen-bond acceptors (Lipinski definition) is 4. The van der Waals surface area contributed by atoms with Crippen LogP contribution in [-0.2, 0) is 19.0 Å². The predicted octanol–water partition coefficient (Wildman–Crippen LogP) is 1.80. The molecule has 1 fully saturated rings. The van der Waals surface area contributed by atoms with Crippen molar-refractivity contribution in [1.82, 2.24) is 0 Å². The number of carbonyl (C=O) groups excluding carboxylic acids is 1. The van der Waals surface area contributed by atoms with Crippen LogP contribution in [0.25, 0.3) is 0 Å². The van der Waals surface area contributed by atoms with Crippen LogP contribution in [0, 0.1) is 5.82 Å². The first kappa shape index (κ1) is 12.0. The van der Waals surface area contributed by atoms with E-state index in [0.717, 1.165) is 0 Å². The van der Waals surface area contributed by atoms with Gasteiger partial charge < -0.3 is 14.2 Å². The van der Waals surface area contributed by atoms with Gasteiger partial charge in [0.2, 0.25) is 0 Å². The molecule has 0 amide bonds. The maximum Gasteiger partial charge on any atom is 0.338 e. The van der Waals surface area contributed by atoms with Crippen molar-refractivity contribution < 1.29 is 23.4 Å². The summed E-state index contributed by atoms with van der Waals surface area (Å²) in [7, 11) is 1.26. The molecule has 0 bridgehead atoms. The van der Waals surface area contributed by atoms with E-state index in [0.29, 0.717) is 5.56 Å². The maximum absolute atomic E-state index is 13.6. The highest BCUT2D eigenvalue weighted by atomic mass is 19.1. The lowest BCUT2D eigenvalue weighted by Gasteiger charge is -2.15. The molecule has 0 aliphatic carbocycles. The molecular formula is C12H13FO4. The molecule has 92 valence electrons. The first-order valence-corrected chi connectivity index (χ1v) is 5.26. The molecular weight excluding hydrogens is 227 g/mol. The molecule has 2 rings (SSSR count). The quantitative estimate of drug-likeness (QED) is 0.739. The Morgan fingerprint density at radius 2 is 2.06 bits per heavy atom. The number of ether oxygens (including phenoxy) is 3. The molecule has 1 aromatic carbocycles. The van der Waals surface area contributed by atoms with Gasteiger partial charge in [0.15, 0.2) is 12.4 Å². The van der Waals surface area contributed by atoms with Gasteiger partial charge in [-0.25, -0.2) is 9.18 Å². The smallest absolute Gasteiger partial charge is 0.338 e. The average molecular weight is 240 g/mol. The number of rotatable bonds is 2. The second-order valence-corrected chi connectivity index (χ2v) is 3.73. The Morgan fingerprint density at radius 3 is 2.71 bits per heavy atom. The third-order valence-corrected chi connectivity index (χ3v) is 2.60. The number of benzene rings is 1. The molecule has 1 aliphatic heterocycles. The van der Waals surface area contributed by atoms with Crippen LogP contribution in [0.3, 0.4) is 0 Å². The normalized spacial score (nSPS) is 28.1. The second kappa shape index (κ2) is 4.81. The zero-order valence-electron chi connectivity index (χ0n) is 9.55. The van der Waals surface area contributed by atoms with Crippen LogP contribution in [0.1, 0.15) is 18.6 Å². The zero-order valence-corrected chi connectivity index (χ0v) is 9.55. The Kier molecular flexibility index (Phi) is 3.40. The van der Waals surface area contributed by atoms with E-state index in [-0.39, 0.29) is 0 Å². The molecule has 0 unspecified atom stereocenters. The highest BCUT2D eigenvalue weighted by molar-refractivity contribution is 5.76. The Morgan fingerprint density at radius 1 is 1.35 bits per heavy atom. The summed E-state index contributed by atoms with van der Waals surface area (Å²) in [5.41, 5.74) is 0.298. The molecule has 1 saturated heterocycles. The largest absolute Gasteiger partial charge is 0.467 e. The van der Waals surface area contributed by atoms with E-state index in [1.165, 1.54) is 13.2 Å². The van der Waals surface area contributed by atoms with Gasteiger partial charge in [-0.15, -0.1) is 0 Å². The lowest BCUT2D eigenvalue weighted by atomic mass is 10.0. The summed E-state index contributed by atoms with van der Waals surface area (Å²) in [4.78, 5) is 11.5. The van der Waals surface area contributed by atoms with Gasteiger partial charge in [-0.1, -0.05) is 18.2 Å². The van der Waals surface area contributed by atoms with Crippen molar-refractivity contribution in [2.24, 2.45) is 0 Å². The van der Waals surface area contributed by atoms with Gasteiger partial charge >= 0.3 is 5.97 Å². The van der Waals surface area contributed by atoms with Crippen molar-refractivity contribution in [1.29, 1.82) is 0 Å². The number of carbonyl (C=O) groups is 1. The minimum atomic E-state index is -0.924. The summed E-state index contributed by atoms with van der Waals surface area (Å²) < 4.78 is 28.9. The fraction of sp³-hybridized carbons (Fsp3) is 0.417. The monoisotopic (exact) mass is 240 g/mol. The molecule has 4 nitrogen and oxygen atoms in total. The van der Waals surface area contributed by atoms with Crippen LogP contribution in [0.5, 0.6) is 0 Å². The van der Waals surface area contributed by atoms with E-state index in [9.17, 15) is 9.18 Å². The molecule has 1 heterocycles. The molecule has 0 radical (unpaired) electrons. The van der Waals surface area contributed by atoms with Crippen molar-refractivity contribution in [3.05, 3.63) is 35.6 Å². The zero-order chi connectivity index (χ0) is 12.4. The first-order chi connectivity index (χ1) is 8.13. The minimum absolute atomic E-state index is 0.298. The number of esters is 1. The number of hydrogen-bond donors (Lipinski definition) is 0. The van der Waals surface area contributed by atoms with Crippen molar-refractivity contribution >= 4 is 5.97 Å². The van der Waals surface area contributed by atoms with Crippen LogP contribution in [-0.4, -0.2) is 25.5 Å². The maximum atomic E-state index is 13.6. The third-order valence-electron chi connectivity index (χ3n) is 2.60. The Balaban J connectivity index is 2.30. The molecule has 3 atom stereocenters. The fourth-order valence-corrected chi connectivity index (χ4v) is 1.83. The molecule has 0 spiro atoms. The van der Waals surface area contributed by atoms with E-state index in [4.69, 9.17) is 9.47 Å². The Bertz CT molecular complexity index is 421. The van der Waals surface area contributed by atoms with Crippen LogP contribution < -0.4 is 0 Å². The fourth-order valence-electron chi connectivity index (χ4n) is 1.83. The topological polar surface area (TPSA) is 44.8 Å². The van der Waals surface area contributed by atoms with E-state index in [1.807, 2.05) is 0 Å². The van der Waals surface area contributed by atoms with Crippen LogP contribution in [0.2, 0.25) is 0 Å². The Labute approximate surface area is 98.3 Å².